The number of carbonyl (C=O) groups is 2. The van der Waals surface area contributed by atoms with E-state index >= 15 is 0 Å². The van der Waals surface area contributed by atoms with Crippen LogP contribution in [-0.4, -0.2) is 65.8 Å². The molecule has 1 aromatic carbocycles. The van der Waals surface area contributed by atoms with Crippen molar-refractivity contribution in [1.82, 2.24) is 14.7 Å². The molecule has 0 aliphatic carbocycles. The predicted octanol–water partition coefficient (Wildman–Crippen LogP) is 2.03. The zero-order chi connectivity index (χ0) is 19.6. The zero-order valence-corrected chi connectivity index (χ0v) is 15.6. The van der Waals surface area contributed by atoms with Crippen molar-refractivity contribution in [1.29, 1.82) is 0 Å². The number of nitrogens with zero attached hydrogens (tertiary/aromatic N) is 3. The normalized spacial score (nSPS) is 23.5. The first-order chi connectivity index (χ1) is 12.8. The maximum absolute atomic E-state index is 13.8. The summed E-state index contributed by atoms with van der Waals surface area (Å²) in [5.74, 6) is -1.19. The highest BCUT2D eigenvalue weighted by Crippen LogP contribution is 2.32. The van der Waals surface area contributed by atoms with Crippen LogP contribution in [0.5, 0.6) is 0 Å². The molecule has 2 aliphatic rings. The molecule has 2 aliphatic heterocycles. The van der Waals surface area contributed by atoms with Gasteiger partial charge < -0.3 is 9.80 Å². The first kappa shape index (κ1) is 19.5. The second kappa shape index (κ2) is 7.76. The van der Waals surface area contributed by atoms with Gasteiger partial charge in [0.2, 0.25) is 11.8 Å². The van der Waals surface area contributed by atoms with Gasteiger partial charge in [-0.2, -0.15) is 0 Å². The average Bonchev–Trinajstić information content (AvgIpc) is 3.07. The van der Waals surface area contributed by atoms with Crippen molar-refractivity contribution in [2.75, 3.05) is 39.3 Å². The van der Waals surface area contributed by atoms with Gasteiger partial charge in [0.05, 0.1) is 5.41 Å². The van der Waals surface area contributed by atoms with E-state index in [9.17, 15) is 18.4 Å². The van der Waals surface area contributed by atoms with Crippen molar-refractivity contribution >= 4 is 11.8 Å². The third kappa shape index (κ3) is 4.03. The van der Waals surface area contributed by atoms with E-state index in [1.807, 2.05) is 11.8 Å². The van der Waals surface area contributed by atoms with Crippen LogP contribution in [0.1, 0.15) is 18.9 Å². The van der Waals surface area contributed by atoms with Gasteiger partial charge in [-0.25, -0.2) is 8.78 Å². The molecule has 0 radical (unpaired) electrons. The highest BCUT2D eigenvalue weighted by molar-refractivity contribution is 5.89. The lowest BCUT2D eigenvalue weighted by atomic mass is 9.87. The standard InChI is InChI=1S/C20H25F2N3O2/c1-3-18(26)25-8-7-20(2,14-25)19(27)24-11-9-23(10-12-24)13-15-16(21)5-4-6-17(15)22/h3-6H,1,7-14H2,2H3. The summed E-state index contributed by atoms with van der Waals surface area (Å²) in [4.78, 5) is 30.2. The topological polar surface area (TPSA) is 43.9 Å². The highest BCUT2D eigenvalue weighted by Gasteiger charge is 2.44. The molecule has 2 fully saturated rings. The van der Waals surface area contributed by atoms with Crippen LogP contribution in [0, 0.1) is 17.0 Å². The summed E-state index contributed by atoms with van der Waals surface area (Å²) in [5.41, 5.74) is -0.517. The number of rotatable bonds is 4. The Bertz CT molecular complexity index is 726. The summed E-state index contributed by atoms with van der Waals surface area (Å²) >= 11 is 0. The van der Waals surface area contributed by atoms with Gasteiger partial charge in [-0.05, 0) is 31.6 Å². The van der Waals surface area contributed by atoms with Gasteiger partial charge in [-0.1, -0.05) is 12.6 Å². The summed E-state index contributed by atoms with van der Waals surface area (Å²) in [6.45, 7) is 8.69. The monoisotopic (exact) mass is 377 g/mol. The van der Waals surface area contributed by atoms with Crippen molar-refractivity contribution in [3.05, 3.63) is 48.1 Å². The minimum absolute atomic E-state index is 0.0404. The van der Waals surface area contributed by atoms with Crippen LogP contribution in [-0.2, 0) is 16.1 Å². The molecule has 146 valence electrons. The summed E-state index contributed by atoms with van der Waals surface area (Å²) in [6.07, 6.45) is 1.91. The maximum atomic E-state index is 13.8. The van der Waals surface area contributed by atoms with E-state index in [1.165, 1.54) is 24.3 Å². The molecule has 5 nitrogen and oxygen atoms in total. The number of carbonyl (C=O) groups excluding carboxylic acids is 2. The molecule has 0 aromatic heterocycles. The van der Waals surface area contributed by atoms with Crippen LogP contribution < -0.4 is 0 Å². The van der Waals surface area contributed by atoms with Gasteiger partial charge in [-0.15, -0.1) is 0 Å². The summed E-state index contributed by atoms with van der Waals surface area (Å²) in [5, 5.41) is 0. The van der Waals surface area contributed by atoms with E-state index in [1.54, 1.807) is 9.80 Å². The molecule has 1 unspecified atom stereocenters. The Balaban J connectivity index is 1.57. The fourth-order valence-corrected chi connectivity index (χ4v) is 3.85. The van der Waals surface area contributed by atoms with Gasteiger partial charge in [0.15, 0.2) is 0 Å². The van der Waals surface area contributed by atoms with Gasteiger partial charge in [-0.3, -0.25) is 14.5 Å². The Labute approximate surface area is 158 Å². The van der Waals surface area contributed by atoms with Crippen molar-refractivity contribution in [2.45, 2.75) is 19.9 Å². The zero-order valence-electron chi connectivity index (χ0n) is 15.6. The molecule has 2 saturated heterocycles. The van der Waals surface area contributed by atoms with Crippen molar-refractivity contribution in [3.63, 3.8) is 0 Å². The number of likely N-dealkylation sites (tertiary alicyclic amines) is 1. The van der Waals surface area contributed by atoms with Crippen LogP contribution in [0.3, 0.4) is 0 Å². The molecule has 1 atom stereocenters. The first-order valence-electron chi connectivity index (χ1n) is 9.20. The van der Waals surface area contributed by atoms with E-state index in [4.69, 9.17) is 0 Å². The fourth-order valence-electron chi connectivity index (χ4n) is 3.85. The molecule has 3 rings (SSSR count). The van der Waals surface area contributed by atoms with E-state index in [-0.39, 0.29) is 23.9 Å². The molecular weight excluding hydrogens is 352 g/mol. The Hall–Kier alpha value is -2.28. The molecule has 1 aromatic rings. The Morgan fingerprint density at radius 2 is 1.74 bits per heavy atom. The van der Waals surface area contributed by atoms with E-state index in [0.717, 1.165) is 0 Å². The molecule has 0 saturated carbocycles. The van der Waals surface area contributed by atoms with Crippen LogP contribution in [0.2, 0.25) is 0 Å². The summed E-state index contributed by atoms with van der Waals surface area (Å²) in [6, 6.07) is 3.87. The molecule has 7 heteroatoms. The van der Waals surface area contributed by atoms with Crippen LogP contribution in [0.4, 0.5) is 8.78 Å². The molecular formula is C20H25F2N3O2. The van der Waals surface area contributed by atoms with Crippen molar-refractivity contribution in [3.8, 4) is 0 Å². The molecule has 2 amide bonds. The van der Waals surface area contributed by atoms with Crippen LogP contribution in [0.15, 0.2) is 30.9 Å². The van der Waals surface area contributed by atoms with E-state index in [0.29, 0.717) is 45.7 Å². The lowest BCUT2D eigenvalue weighted by Gasteiger charge is -2.38. The molecule has 0 bridgehead atoms. The summed E-state index contributed by atoms with van der Waals surface area (Å²) in [7, 11) is 0. The first-order valence-corrected chi connectivity index (χ1v) is 9.20. The van der Waals surface area contributed by atoms with Gasteiger partial charge >= 0.3 is 0 Å². The van der Waals surface area contributed by atoms with E-state index < -0.39 is 17.0 Å². The fraction of sp³-hybridized carbons (Fsp3) is 0.500. The molecule has 27 heavy (non-hydrogen) atoms. The van der Waals surface area contributed by atoms with Crippen LogP contribution >= 0.6 is 0 Å². The number of piperazine rings is 1. The number of halogens is 2. The highest BCUT2D eigenvalue weighted by atomic mass is 19.1. The van der Waals surface area contributed by atoms with Crippen molar-refractivity contribution in [2.24, 2.45) is 5.41 Å². The smallest absolute Gasteiger partial charge is 0.245 e. The minimum Gasteiger partial charge on any atom is -0.340 e. The second-order valence-electron chi connectivity index (χ2n) is 7.54. The largest absolute Gasteiger partial charge is 0.340 e. The molecule has 0 N–H and O–H groups in total. The predicted molar refractivity (Wildman–Crippen MR) is 97.7 cm³/mol. The second-order valence-corrected chi connectivity index (χ2v) is 7.54. The minimum atomic E-state index is -0.585. The lowest BCUT2D eigenvalue weighted by molar-refractivity contribution is -0.142. The quantitative estimate of drug-likeness (QED) is 0.755. The van der Waals surface area contributed by atoms with Gasteiger partial charge in [0, 0.05) is 51.4 Å². The SMILES string of the molecule is C=CC(=O)N1CCC(C)(C(=O)N2CCN(Cc3c(F)cccc3F)CC2)C1. The Morgan fingerprint density at radius 1 is 1.11 bits per heavy atom. The maximum Gasteiger partial charge on any atom is 0.245 e. The third-order valence-electron chi connectivity index (χ3n) is 5.58. The van der Waals surface area contributed by atoms with E-state index in [2.05, 4.69) is 6.58 Å². The summed E-state index contributed by atoms with van der Waals surface area (Å²) < 4.78 is 27.7. The van der Waals surface area contributed by atoms with Gasteiger partial charge in [0.25, 0.3) is 0 Å². The number of hydrogen-bond acceptors (Lipinski definition) is 3. The molecule has 0 spiro atoms. The number of hydrogen-bond donors (Lipinski definition) is 0. The Kier molecular flexibility index (Phi) is 5.60. The van der Waals surface area contributed by atoms with Gasteiger partial charge in [0.1, 0.15) is 11.6 Å². The number of amides is 2. The third-order valence-corrected chi connectivity index (χ3v) is 5.58. The molecule has 2 heterocycles. The van der Waals surface area contributed by atoms with Crippen molar-refractivity contribution < 1.29 is 18.4 Å². The number of benzene rings is 1. The average molecular weight is 377 g/mol. The Morgan fingerprint density at radius 3 is 2.33 bits per heavy atom. The van der Waals surface area contributed by atoms with Crippen LogP contribution in [0.25, 0.3) is 0 Å². The lowest BCUT2D eigenvalue weighted by Crippen LogP contribution is -2.53.